The van der Waals surface area contributed by atoms with Gasteiger partial charge >= 0.3 is 0 Å². The number of carbonyl (C=O) groups is 1. The Kier molecular flexibility index (Phi) is 4.78. The predicted molar refractivity (Wildman–Crippen MR) is 63.7 cm³/mol. The highest BCUT2D eigenvalue weighted by Crippen LogP contribution is 2.08. The zero-order valence-corrected chi connectivity index (χ0v) is 9.83. The van der Waals surface area contributed by atoms with E-state index in [1.807, 2.05) is 24.4 Å². The molecule has 1 rings (SSSR count). The monoisotopic (exact) mass is 241 g/mol. The molecular weight excluding hydrogens is 226 g/mol. The second-order valence-electron chi connectivity index (χ2n) is 3.52. The largest absolute Gasteiger partial charge is 0.409 e. The van der Waals surface area contributed by atoms with Crippen LogP contribution in [0.1, 0.15) is 18.2 Å². The number of hydrogen-bond acceptors (Lipinski definition) is 4. The van der Waals surface area contributed by atoms with Crippen molar-refractivity contribution in [3.63, 3.8) is 0 Å². The summed E-state index contributed by atoms with van der Waals surface area (Å²) >= 11 is 1.55. The number of carbonyl (C=O) groups excluding carboxylic acids is 1. The van der Waals surface area contributed by atoms with Crippen LogP contribution in [0.2, 0.25) is 0 Å². The van der Waals surface area contributed by atoms with E-state index in [1.165, 1.54) is 0 Å². The quantitative estimate of drug-likeness (QED) is 0.310. The summed E-state index contributed by atoms with van der Waals surface area (Å²) < 4.78 is 0. The van der Waals surface area contributed by atoms with Crippen molar-refractivity contribution in [3.05, 3.63) is 22.4 Å². The molecule has 1 aromatic rings. The molecule has 0 bridgehead atoms. The number of nitrogens with two attached hydrogens (primary N) is 1. The van der Waals surface area contributed by atoms with Crippen molar-refractivity contribution >= 4 is 23.1 Å². The predicted octanol–water partition coefficient (Wildman–Crippen LogP) is 0.932. The number of amides is 1. The number of nitrogens with one attached hydrogen (secondary N) is 1. The van der Waals surface area contributed by atoms with Gasteiger partial charge in [-0.1, -0.05) is 11.2 Å². The maximum atomic E-state index is 11.5. The lowest BCUT2D eigenvalue weighted by atomic mass is 10.2. The van der Waals surface area contributed by atoms with Gasteiger partial charge in [-0.2, -0.15) is 0 Å². The molecule has 1 atom stereocenters. The third-order valence-corrected chi connectivity index (χ3v) is 2.84. The van der Waals surface area contributed by atoms with Gasteiger partial charge in [0.2, 0.25) is 5.91 Å². The average Bonchev–Trinajstić information content (AvgIpc) is 2.69. The Morgan fingerprint density at radius 3 is 3.06 bits per heavy atom. The van der Waals surface area contributed by atoms with Crippen LogP contribution in [0, 0.1) is 0 Å². The molecule has 88 valence electrons. The fourth-order valence-electron chi connectivity index (χ4n) is 1.30. The van der Waals surface area contributed by atoms with Crippen LogP contribution in [0.15, 0.2) is 22.7 Å². The smallest absolute Gasteiger partial charge is 0.225 e. The second-order valence-corrected chi connectivity index (χ2v) is 4.55. The lowest BCUT2D eigenvalue weighted by Gasteiger charge is -2.12. The molecular formula is C10H15N3O2S. The van der Waals surface area contributed by atoms with Crippen LogP contribution in [-0.2, 0) is 11.2 Å². The fraction of sp³-hybridized carbons (Fsp3) is 0.400. The summed E-state index contributed by atoms with van der Waals surface area (Å²) in [6.07, 6.45) is 0.713. The molecule has 1 amide bonds. The molecule has 6 heteroatoms. The van der Waals surface area contributed by atoms with Gasteiger partial charge in [-0.3, -0.25) is 4.79 Å². The van der Waals surface area contributed by atoms with E-state index in [0.717, 1.165) is 4.88 Å². The molecule has 1 unspecified atom stereocenters. The Labute approximate surface area is 98.0 Å². The molecule has 0 aromatic carbocycles. The van der Waals surface area contributed by atoms with E-state index in [0.29, 0.717) is 12.8 Å². The summed E-state index contributed by atoms with van der Waals surface area (Å²) in [5.41, 5.74) is 5.34. The maximum Gasteiger partial charge on any atom is 0.225 e. The van der Waals surface area contributed by atoms with E-state index in [-0.39, 0.29) is 17.8 Å². The molecule has 0 fully saturated rings. The summed E-state index contributed by atoms with van der Waals surface area (Å²) in [6.45, 7) is 1.81. The standard InChI is InChI=1S/C10H15N3O2S/c1-7(5-9(11)13-15)12-10(14)6-8-3-2-4-16-8/h2-4,7,15H,5-6H2,1H3,(H2,11,13)(H,12,14). The Morgan fingerprint density at radius 1 is 1.75 bits per heavy atom. The molecule has 1 heterocycles. The van der Waals surface area contributed by atoms with Gasteiger partial charge in [-0.05, 0) is 18.4 Å². The van der Waals surface area contributed by atoms with Crippen molar-refractivity contribution in [1.82, 2.24) is 5.32 Å². The van der Waals surface area contributed by atoms with E-state index >= 15 is 0 Å². The highest BCUT2D eigenvalue weighted by Gasteiger charge is 2.10. The molecule has 0 aliphatic heterocycles. The first-order valence-corrected chi connectivity index (χ1v) is 5.78. The lowest BCUT2D eigenvalue weighted by molar-refractivity contribution is -0.120. The minimum atomic E-state index is -0.136. The van der Waals surface area contributed by atoms with Crippen molar-refractivity contribution < 1.29 is 10.0 Å². The van der Waals surface area contributed by atoms with Gasteiger partial charge in [0.15, 0.2) is 0 Å². The molecule has 4 N–H and O–H groups in total. The second kappa shape index (κ2) is 6.12. The van der Waals surface area contributed by atoms with Gasteiger partial charge in [0.05, 0.1) is 6.42 Å². The molecule has 0 saturated carbocycles. The van der Waals surface area contributed by atoms with Crippen LogP contribution >= 0.6 is 11.3 Å². The molecule has 0 aliphatic carbocycles. The van der Waals surface area contributed by atoms with Crippen molar-refractivity contribution in [2.24, 2.45) is 10.9 Å². The number of nitrogens with zero attached hydrogens (tertiary/aromatic N) is 1. The van der Waals surface area contributed by atoms with Crippen LogP contribution in [0.3, 0.4) is 0 Å². The molecule has 5 nitrogen and oxygen atoms in total. The van der Waals surface area contributed by atoms with Crippen LogP contribution in [0.4, 0.5) is 0 Å². The molecule has 0 saturated heterocycles. The van der Waals surface area contributed by atoms with Crippen LogP contribution in [-0.4, -0.2) is 23.0 Å². The normalized spacial score (nSPS) is 13.4. The van der Waals surface area contributed by atoms with E-state index < -0.39 is 0 Å². The van der Waals surface area contributed by atoms with Crippen molar-refractivity contribution in [2.45, 2.75) is 25.8 Å². The van der Waals surface area contributed by atoms with Crippen molar-refractivity contribution in [2.75, 3.05) is 0 Å². The number of hydrogen-bond donors (Lipinski definition) is 3. The minimum Gasteiger partial charge on any atom is -0.409 e. The number of thiophene rings is 1. The summed E-state index contributed by atoms with van der Waals surface area (Å²) in [5.74, 6) is 0.0598. The highest BCUT2D eigenvalue weighted by atomic mass is 32.1. The topological polar surface area (TPSA) is 87.7 Å². The third-order valence-electron chi connectivity index (χ3n) is 1.97. The fourth-order valence-corrected chi connectivity index (χ4v) is 2.01. The zero-order valence-electron chi connectivity index (χ0n) is 9.01. The SMILES string of the molecule is CC(CC(N)=NO)NC(=O)Cc1cccs1. The van der Waals surface area contributed by atoms with Crippen LogP contribution in [0.5, 0.6) is 0 Å². The number of amidine groups is 1. The third kappa shape index (κ3) is 4.31. The summed E-state index contributed by atoms with van der Waals surface area (Å²) in [4.78, 5) is 12.6. The summed E-state index contributed by atoms with van der Waals surface area (Å²) in [7, 11) is 0. The molecule has 0 aliphatic rings. The number of oxime groups is 1. The van der Waals surface area contributed by atoms with Gasteiger partial charge in [-0.25, -0.2) is 0 Å². The van der Waals surface area contributed by atoms with Crippen LogP contribution < -0.4 is 11.1 Å². The Morgan fingerprint density at radius 2 is 2.50 bits per heavy atom. The van der Waals surface area contributed by atoms with E-state index in [2.05, 4.69) is 10.5 Å². The first-order valence-electron chi connectivity index (χ1n) is 4.90. The first-order chi connectivity index (χ1) is 7.61. The average molecular weight is 241 g/mol. The van der Waals surface area contributed by atoms with Gasteiger partial charge < -0.3 is 16.3 Å². The summed E-state index contributed by atoms with van der Waals surface area (Å²) in [6, 6.07) is 3.69. The molecule has 1 aromatic heterocycles. The zero-order chi connectivity index (χ0) is 12.0. The van der Waals surface area contributed by atoms with Crippen molar-refractivity contribution in [1.29, 1.82) is 0 Å². The highest BCUT2D eigenvalue weighted by molar-refractivity contribution is 7.10. The van der Waals surface area contributed by atoms with E-state index in [9.17, 15) is 4.79 Å². The minimum absolute atomic E-state index is 0.0549. The molecule has 16 heavy (non-hydrogen) atoms. The Hall–Kier alpha value is -1.56. The van der Waals surface area contributed by atoms with Crippen molar-refractivity contribution in [3.8, 4) is 0 Å². The van der Waals surface area contributed by atoms with Gasteiger partial charge in [0.25, 0.3) is 0 Å². The first kappa shape index (κ1) is 12.5. The van der Waals surface area contributed by atoms with Crippen LogP contribution in [0.25, 0.3) is 0 Å². The van der Waals surface area contributed by atoms with Gasteiger partial charge in [0, 0.05) is 17.3 Å². The van der Waals surface area contributed by atoms with E-state index in [4.69, 9.17) is 10.9 Å². The maximum absolute atomic E-state index is 11.5. The van der Waals surface area contributed by atoms with Gasteiger partial charge in [0.1, 0.15) is 5.84 Å². The Balaban J connectivity index is 2.34. The lowest BCUT2D eigenvalue weighted by Crippen LogP contribution is -2.36. The summed E-state index contributed by atoms with van der Waals surface area (Å²) in [5, 5.41) is 15.9. The Bertz CT molecular complexity index is 362. The molecule has 0 radical (unpaired) electrons. The molecule has 0 spiro atoms. The van der Waals surface area contributed by atoms with E-state index in [1.54, 1.807) is 11.3 Å². The number of rotatable bonds is 5. The van der Waals surface area contributed by atoms with Gasteiger partial charge in [-0.15, -0.1) is 11.3 Å².